The van der Waals surface area contributed by atoms with E-state index in [1.54, 1.807) is 20.8 Å². The van der Waals surface area contributed by atoms with Gasteiger partial charge in [0.15, 0.2) is 5.69 Å². The van der Waals surface area contributed by atoms with Crippen LogP contribution in [0.25, 0.3) is 0 Å². The maximum atomic E-state index is 12.8. The molecule has 0 spiro atoms. The molecule has 1 aromatic rings. The fourth-order valence-electron chi connectivity index (χ4n) is 1.97. The number of fused-ring (bicyclic) bond motifs is 1. The number of hydrogen-bond donors (Lipinski definition) is 0. The van der Waals surface area contributed by atoms with E-state index < -0.39 is 23.6 Å². The van der Waals surface area contributed by atoms with Crippen LogP contribution in [0, 0.1) is 0 Å². The lowest BCUT2D eigenvalue weighted by Gasteiger charge is -2.31. The van der Waals surface area contributed by atoms with Crippen LogP contribution in [-0.4, -0.2) is 32.7 Å². The Labute approximate surface area is 114 Å². The zero-order chi connectivity index (χ0) is 15.1. The van der Waals surface area contributed by atoms with E-state index in [1.165, 1.54) is 9.47 Å². The Balaban J connectivity index is 2.18. The second-order valence-corrected chi connectivity index (χ2v) is 5.63. The number of alkyl halides is 3. The van der Waals surface area contributed by atoms with Crippen LogP contribution in [0.1, 0.15) is 32.2 Å². The number of amides is 1. The average molecular weight is 291 g/mol. The van der Waals surface area contributed by atoms with Crippen molar-refractivity contribution in [3.8, 4) is 0 Å². The van der Waals surface area contributed by atoms with E-state index in [-0.39, 0.29) is 18.8 Å². The Morgan fingerprint density at radius 2 is 1.95 bits per heavy atom. The van der Waals surface area contributed by atoms with E-state index >= 15 is 0 Å². The third-order valence-corrected chi connectivity index (χ3v) is 2.82. The molecule has 0 saturated heterocycles. The Morgan fingerprint density at radius 3 is 2.50 bits per heavy atom. The first-order chi connectivity index (χ1) is 9.08. The van der Waals surface area contributed by atoms with Gasteiger partial charge in [-0.1, -0.05) is 0 Å². The molecular formula is C12H16F3N3O2. The molecule has 0 bridgehead atoms. The summed E-state index contributed by atoms with van der Waals surface area (Å²) in [6.07, 6.45) is -3.97. The molecule has 20 heavy (non-hydrogen) atoms. The summed E-state index contributed by atoms with van der Waals surface area (Å²) in [5.74, 6) is 0. The number of rotatable bonds is 0. The third-order valence-electron chi connectivity index (χ3n) is 2.82. The molecule has 1 amide bonds. The van der Waals surface area contributed by atoms with Crippen LogP contribution in [0.2, 0.25) is 0 Å². The predicted molar refractivity (Wildman–Crippen MR) is 63.9 cm³/mol. The Bertz CT molecular complexity index is 517. The molecule has 1 aliphatic heterocycles. The van der Waals surface area contributed by atoms with Gasteiger partial charge in [0.05, 0.1) is 18.6 Å². The number of aromatic nitrogens is 2. The number of carbonyl (C=O) groups excluding carboxylic acids is 1. The molecule has 0 atom stereocenters. The highest BCUT2D eigenvalue weighted by Crippen LogP contribution is 2.32. The molecule has 112 valence electrons. The molecule has 0 fully saturated rings. The summed E-state index contributed by atoms with van der Waals surface area (Å²) in [4.78, 5) is 16.6. The molecule has 2 rings (SSSR count). The SMILES string of the molecule is CC(C)(C)OC(=O)N1CCn2cnc(C(F)(F)F)c2C1. The van der Waals surface area contributed by atoms with Crippen LogP contribution in [-0.2, 0) is 24.0 Å². The number of imidazole rings is 1. The second kappa shape index (κ2) is 4.68. The number of hydrogen-bond acceptors (Lipinski definition) is 3. The van der Waals surface area contributed by atoms with Gasteiger partial charge in [-0.3, -0.25) is 0 Å². The highest BCUT2D eigenvalue weighted by Gasteiger charge is 2.39. The zero-order valence-electron chi connectivity index (χ0n) is 11.5. The summed E-state index contributed by atoms with van der Waals surface area (Å²) in [6, 6.07) is 0. The standard InChI is InChI=1S/C12H16F3N3O2/c1-11(2,3)20-10(19)17-4-5-18-7-16-9(8(18)6-17)12(13,14)15/h7H,4-6H2,1-3H3. The van der Waals surface area contributed by atoms with Gasteiger partial charge in [0, 0.05) is 13.1 Å². The van der Waals surface area contributed by atoms with Crippen LogP contribution in [0.3, 0.4) is 0 Å². The molecule has 0 aliphatic carbocycles. The molecule has 0 radical (unpaired) electrons. The molecule has 1 aromatic heterocycles. The van der Waals surface area contributed by atoms with E-state index in [4.69, 9.17) is 4.74 Å². The Kier molecular flexibility index (Phi) is 3.43. The van der Waals surface area contributed by atoms with Gasteiger partial charge in [-0.05, 0) is 20.8 Å². The molecule has 0 unspecified atom stereocenters. The van der Waals surface area contributed by atoms with Gasteiger partial charge in [0.2, 0.25) is 0 Å². The number of halogens is 3. The highest BCUT2D eigenvalue weighted by atomic mass is 19.4. The van der Waals surface area contributed by atoms with Crippen molar-refractivity contribution in [2.45, 2.75) is 45.6 Å². The van der Waals surface area contributed by atoms with Crippen LogP contribution in [0.5, 0.6) is 0 Å². The van der Waals surface area contributed by atoms with Gasteiger partial charge in [-0.25, -0.2) is 9.78 Å². The van der Waals surface area contributed by atoms with Crippen molar-refractivity contribution >= 4 is 6.09 Å². The average Bonchev–Trinajstić information content (AvgIpc) is 2.68. The minimum Gasteiger partial charge on any atom is -0.444 e. The van der Waals surface area contributed by atoms with Gasteiger partial charge in [-0.2, -0.15) is 13.2 Å². The summed E-state index contributed by atoms with van der Waals surface area (Å²) in [6.45, 7) is 5.55. The van der Waals surface area contributed by atoms with E-state index in [2.05, 4.69) is 4.98 Å². The fourth-order valence-corrected chi connectivity index (χ4v) is 1.97. The molecule has 0 aromatic carbocycles. The van der Waals surface area contributed by atoms with Gasteiger partial charge in [0.25, 0.3) is 0 Å². The summed E-state index contributed by atoms with van der Waals surface area (Å²) >= 11 is 0. The second-order valence-electron chi connectivity index (χ2n) is 5.63. The van der Waals surface area contributed by atoms with E-state index in [1.807, 2.05) is 0 Å². The number of ether oxygens (including phenoxy) is 1. The molecule has 0 N–H and O–H groups in total. The van der Waals surface area contributed by atoms with Crippen molar-refractivity contribution in [3.63, 3.8) is 0 Å². The normalized spacial score (nSPS) is 16.0. The molecule has 1 aliphatic rings. The van der Waals surface area contributed by atoms with E-state index in [0.717, 1.165) is 6.33 Å². The van der Waals surface area contributed by atoms with Gasteiger partial charge >= 0.3 is 12.3 Å². The van der Waals surface area contributed by atoms with E-state index in [0.29, 0.717) is 6.54 Å². The minimum absolute atomic E-state index is 0.00499. The first kappa shape index (κ1) is 14.7. The number of carbonyl (C=O) groups is 1. The lowest BCUT2D eigenvalue weighted by molar-refractivity contribution is -0.142. The third kappa shape index (κ3) is 3.05. The van der Waals surface area contributed by atoms with Crippen molar-refractivity contribution < 1.29 is 22.7 Å². The van der Waals surface area contributed by atoms with Crippen LogP contribution in [0.15, 0.2) is 6.33 Å². The molecule has 8 heteroatoms. The summed E-state index contributed by atoms with van der Waals surface area (Å²) < 4.78 is 45.0. The zero-order valence-corrected chi connectivity index (χ0v) is 11.5. The molecular weight excluding hydrogens is 275 g/mol. The summed E-state index contributed by atoms with van der Waals surface area (Å²) in [7, 11) is 0. The molecule has 2 heterocycles. The fraction of sp³-hybridized carbons (Fsp3) is 0.667. The quantitative estimate of drug-likeness (QED) is 0.738. The first-order valence-corrected chi connectivity index (χ1v) is 6.17. The van der Waals surface area contributed by atoms with Gasteiger partial charge in [0.1, 0.15) is 5.60 Å². The van der Waals surface area contributed by atoms with Crippen LogP contribution < -0.4 is 0 Å². The predicted octanol–water partition coefficient (Wildman–Crippen LogP) is 2.65. The van der Waals surface area contributed by atoms with Crippen molar-refractivity contribution in [2.75, 3.05) is 6.54 Å². The Morgan fingerprint density at radius 1 is 1.30 bits per heavy atom. The molecule has 5 nitrogen and oxygen atoms in total. The van der Waals surface area contributed by atoms with Crippen molar-refractivity contribution in [1.82, 2.24) is 14.5 Å². The summed E-state index contributed by atoms with van der Waals surface area (Å²) in [5.41, 5.74) is -1.62. The smallest absolute Gasteiger partial charge is 0.435 e. The summed E-state index contributed by atoms with van der Waals surface area (Å²) in [5, 5.41) is 0. The maximum absolute atomic E-state index is 12.8. The topological polar surface area (TPSA) is 47.4 Å². The Hall–Kier alpha value is -1.73. The van der Waals surface area contributed by atoms with Crippen molar-refractivity contribution in [2.24, 2.45) is 0 Å². The van der Waals surface area contributed by atoms with Gasteiger partial charge < -0.3 is 14.2 Å². The maximum Gasteiger partial charge on any atom is 0.435 e. The first-order valence-electron chi connectivity index (χ1n) is 6.17. The highest BCUT2D eigenvalue weighted by molar-refractivity contribution is 5.68. The lowest BCUT2D eigenvalue weighted by Crippen LogP contribution is -2.41. The van der Waals surface area contributed by atoms with Crippen LogP contribution in [0.4, 0.5) is 18.0 Å². The minimum atomic E-state index is -4.52. The lowest BCUT2D eigenvalue weighted by atomic mass is 10.2. The monoisotopic (exact) mass is 291 g/mol. The number of nitrogens with zero attached hydrogens (tertiary/aromatic N) is 3. The van der Waals surface area contributed by atoms with Crippen LogP contribution >= 0.6 is 0 Å². The van der Waals surface area contributed by atoms with Crippen molar-refractivity contribution in [1.29, 1.82) is 0 Å². The molecule has 0 saturated carbocycles. The van der Waals surface area contributed by atoms with E-state index in [9.17, 15) is 18.0 Å². The van der Waals surface area contributed by atoms with Crippen molar-refractivity contribution in [3.05, 3.63) is 17.7 Å². The largest absolute Gasteiger partial charge is 0.444 e. The van der Waals surface area contributed by atoms with Gasteiger partial charge in [-0.15, -0.1) is 0 Å².